The van der Waals surface area contributed by atoms with Crippen molar-refractivity contribution in [3.8, 4) is 5.75 Å². The predicted molar refractivity (Wildman–Crippen MR) is 161 cm³/mol. The number of methoxy groups -OCH3 is 1. The average Bonchev–Trinajstić information content (AvgIpc) is 2.83. The van der Waals surface area contributed by atoms with Crippen LogP contribution in [0.3, 0.4) is 0 Å². The molecule has 1 saturated heterocycles. The Labute approximate surface area is 238 Å². The lowest BCUT2D eigenvalue weighted by Crippen LogP contribution is -2.47. The quantitative estimate of drug-likeness (QED) is 0.131. The lowest BCUT2D eigenvalue weighted by molar-refractivity contribution is -0.294. The Morgan fingerprint density at radius 1 is 1.10 bits per heavy atom. The minimum Gasteiger partial charge on any atom is -0.497 e. The van der Waals surface area contributed by atoms with Crippen molar-refractivity contribution in [1.82, 2.24) is 0 Å². The monoisotopic (exact) mass is 562 g/mol. The fourth-order valence-corrected chi connectivity index (χ4v) is 6.28. The number of ether oxygens (including phenoxy) is 4. The number of carbonyl (C=O) groups excluding carboxylic acids is 1. The summed E-state index contributed by atoms with van der Waals surface area (Å²) in [6.45, 7) is 22.6. The third kappa shape index (κ3) is 10.8. The van der Waals surface area contributed by atoms with E-state index in [0.29, 0.717) is 31.8 Å². The van der Waals surface area contributed by atoms with Crippen LogP contribution in [-0.2, 0) is 30.0 Å². The first kappa shape index (κ1) is 33.7. The second-order valence-electron chi connectivity index (χ2n) is 13.3. The molecule has 1 fully saturated rings. The van der Waals surface area contributed by atoms with Crippen LogP contribution in [0.4, 0.5) is 0 Å². The van der Waals surface area contributed by atoms with Gasteiger partial charge in [-0.25, -0.2) is 0 Å². The molecule has 0 saturated carbocycles. The molecule has 0 unspecified atom stereocenters. The summed E-state index contributed by atoms with van der Waals surface area (Å²) in [5, 5.41) is 0.165. The zero-order valence-corrected chi connectivity index (χ0v) is 27.3. The Bertz CT molecular complexity index is 902. The summed E-state index contributed by atoms with van der Waals surface area (Å²) < 4.78 is 30.8. The van der Waals surface area contributed by atoms with E-state index in [2.05, 4.69) is 66.8 Å². The molecule has 1 aliphatic heterocycles. The van der Waals surface area contributed by atoms with Crippen LogP contribution in [0.25, 0.3) is 0 Å². The van der Waals surface area contributed by atoms with Gasteiger partial charge in [-0.05, 0) is 61.5 Å². The molecule has 1 aromatic rings. The molecule has 0 radical (unpaired) electrons. The van der Waals surface area contributed by atoms with E-state index in [4.69, 9.17) is 23.4 Å². The van der Waals surface area contributed by atoms with E-state index in [1.807, 2.05) is 38.1 Å². The smallest absolute Gasteiger partial charge is 0.192 e. The summed E-state index contributed by atoms with van der Waals surface area (Å²) in [7, 11) is -0.245. The molecule has 7 heteroatoms. The molecule has 5 atom stereocenters. The van der Waals surface area contributed by atoms with Crippen molar-refractivity contribution in [2.24, 2.45) is 11.8 Å². The summed E-state index contributed by atoms with van der Waals surface area (Å²) >= 11 is 0. The summed E-state index contributed by atoms with van der Waals surface area (Å²) in [4.78, 5) is 11.4. The molecule has 1 aliphatic rings. The molecule has 2 rings (SSSR count). The number of carbonyl (C=O) groups is 1. The highest BCUT2D eigenvalue weighted by molar-refractivity contribution is 6.74. The molecule has 0 N–H and O–H groups in total. The number of benzene rings is 1. The minimum atomic E-state index is -1.89. The normalized spacial score (nSPS) is 22.6. The van der Waals surface area contributed by atoms with E-state index in [1.54, 1.807) is 7.11 Å². The second kappa shape index (κ2) is 14.4. The van der Waals surface area contributed by atoms with Crippen molar-refractivity contribution in [1.29, 1.82) is 0 Å². The number of hydrogen-bond acceptors (Lipinski definition) is 6. The predicted octanol–water partition coefficient (Wildman–Crippen LogP) is 7.71. The Morgan fingerprint density at radius 2 is 1.74 bits per heavy atom. The molecule has 6 nitrogen and oxygen atoms in total. The zero-order valence-electron chi connectivity index (χ0n) is 26.3. The van der Waals surface area contributed by atoms with Crippen LogP contribution in [0.15, 0.2) is 36.4 Å². The number of rotatable bonds is 14. The maximum absolute atomic E-state index is 11.4. The standard InChI is InChI=1S/C32H54O6Si/c1-23(2)30(38-39(10,11)31(4,5)6)24(3)12-15-28-21-29(37-32(7,8)36-28)20-27(18-19-33)35-22-25-13-16-26(34-9)17-14-25/h12-17,19,23-24,27-30H,18,20-22H2,1-11H3/t24-,27+,28-,29+,30-/m0/s1. The van der Waals surface area contributed by atoms with Crippen LogP contribution in [-0.4, -0.2) is 51.9 Å². The van der Waals surface area contributed by atoms with Crippen molar-refractivity contribution in [2.45, 2.75) is 130 Å². The molecular weight excluding hydrogens is 508 g/mol. The van der Waals surface area contributed by atoms with Crippen LogP contribution in [0, 0.1) is 11.8 Å². The van der Waals surface area contributed by atoms with E-state index in [-0.39, 0.29) is 35.4 Å². The fraction of sp³-hybridized carbons (Fsp3) is 0.719. The van der Waals surface area contributed by atoms with Gasteiger partial charge in [0.25, 0.3) is 0 Å². The largest absolute Gasteiger partial charge is 0.497 e. The molecule has 0 amide bonds. The van der Waals surface area contributed by atoms with Crippen molar-refractivity contribution < 1.29 is 28.2 Å². The van der Waals surface area contributed by atoms with E-state index in [1.165, 1.54) is 0 Å². The van der Waals surface area contributed by atoms with Gasteiger partial charge in [0.2, 0.25) is 0 Å². The molecule has 0 spiro atoms. The second-order valence-corrected chi connectivity index (χ2v) is 18.0. The third-order valence-electron chi connectivity index (χ3n) is 7.95. The Kier molecular flexibility index (Phi) is 12.4. The molecule has 0 bridgehead atoms. The van der Waals surface area contributed by atoms with Gasteiger partial charge in [-0.15, -0.1) is 0 Å². The lowest BCUT2D eigenvalue weighted by atomic mass is 9.93. The van der Waals surface area contributed by atoms with Crippen LogP contribution in [0.2, 0.25) is 18.1 Å². The van der Waals surface area contributed by atoms with Gasteiger partial charge in [0.05, 0.1) is 38.1 Å². The fourth-order valence-electron chi connectivity index (χ4n) is 4.76. The van der Waals surface area contributed by atoms with Gasteiger partial charge in [0.15, 0.2) is 14.1 Å². The summed E-state index contributed by atoms with van der Waals surface area (Å²) in [5.41, 5.74) is 1.04. The molecule has 0 aromatic heterocycles. The maximum atomic E-state index is 11.4. The minimum absolute atomic E-state index is 0.0797. The third-order valence-corrected chi connectivity index (χ3v) is 12.4. The molecular formula is C32H54O6Si. The number of aldehydes is 1. The van der Waals surface area contributed by atoms with Crippen LogP contribution >= 0.6 is 0 Å². The van der Waals surface area contributed by atoms with Gasteiger partial charge in [-0.3, -0.25) is 0 Å². The first-order valence-corrected chi connectivity index (χ1v) is 17.4. The van der Waals surface area contributed by atoms with Gasteiger partial charge in [0.1, 0.15) is 12.0 Å². The summed E-state index contributed by atoms with van der Waals surface area (Å²) in [6, 6.07) is 7.78. The highest BCUT2D eigenvalue weighted by Gasteiger charge is 2.41. The van der Waals surface area contributed by atoms with Crippen molar-refractivity contribution >= 4 is 14.6 Å². The highest BCUT2D eigenvalue weighted by atomic mass is 28.4. The van der Waals surface area contributed by atoms with Gasteiger partial charge >= 0.3 is 0 Å². The molecule has 0 aliphatic carbocycles. The van der Waals surface area contributed by atoms with Crippen LogP contribution < -0.4 is 4.74 Å². The van der Waals surface area contributed by atoms with Crippen molar-refractivity contribution in [3.63, 3.8) is 0 Å². The zero-order chi connectivity index (χ0) is 29.4. The molecule has 1 aromatic carbocycles. The molecule has 39 heavy (non-hydrogen) atoms. The Hall–Kier alpha value is -1.51. The Morgan fingerprint density at radius 3 is 2.28 bits per heavy atom. The van der Waals surface area contributed by atoms with Crippen molar-refractivity contribution in [2.75, 3.05) is 7.11 Å². The first-order chi connectivity index (χ1) is 18.1. The highest BCUT2D eigenvalue weighted by Crippen LogP contribution is 2.39. The van der Waals surface area contributed by atoms with E-state index in [0.717, 1.165) is 17.6 Å². The molecule has 1 heterocycles. The average molecular weight is 563 g/mol. The first-order valence-electron chi connectivity index (χ1n) is 14.5. The van der Waals surface area contributed by atoms with Crippen LogP contribution in [0.1, 0.15) is 80.2 Å². The summed E-state index contributed by atoms with van der Waals surface area (Å²) in [5.74, 6) is 0.742. The Balaban J connectivity index is 2.05. The van der Waals surface area contributed by atoms with Gasteiger partial charge in [-0.2, -0.15) is 0 Å². The van der Waals surface area contributed by atoms with Gasteiger partial charge < -0.3 is 28.2 Å². The van der Waals surface area contributed by atoms with E-state index >= 15 is 0 Å². The number of hydrogen-bond donors (Lipinski definition) is 0. The van der Waals surface area contributed by atoms with Crippen LogP contribution in [0.5, 0.6) is 5.75 Å². The lowest BCUT2D eigenvalue weighted by Gasteiger charge is -2.42. The SMILES string of the molecule is COc1ccc(CO[C@H](CC=O)C[C@@H]2C[C@H](C=C[C@H](C)[C@@H](O[Si](C)(C)C(C)(C)C)C(C)C)OC(C)(C)O2)cc1. The topological polar surface area (TPSA) is 63.2 Å². The van der Waals surface area contributed by atoms with Crippen molar-refractivity contribution in [3.05, 3.63) is 42.0 Å². The van der Waals surface area contributed by atoms with Gasteiger partial charge in [-0.1, -0.05) is 65.8 Å². The van der Waals surface area contributed by atoms with Gasteiger partial charge in [0, 0.05) is 19.3 Å². The maximum Gasteiger partial charge on any atom is 0.192 e. The van der Waals surface area contributed by atoms with E-state index in [9.17, 15) is 4.79 Å². The molecule has 222 valence electrons. The summed E-state index contributed by atoms with van der Waals surface area (Å²) in [6.07, 6.45) is 6.79. The van der Waals surface area contributed by atoms with E-state index < -0.39 is 14.1 Å².